The number of piperidine rings is 1. The number of rotatable bonds is 4. The summed E-state index contributed by atoms with van der Waals surface area (Å²) in [6, 6.07) is 11.4. The number of nitriles is 1. The maximum atomic E-state index is 13.3. The molecule has 1 saturated heterocycles. The number of carbonyl (C=O) groups excluding carboxylic acids is 2. The fourth-order valence-corrected chi connectivity index (χ4v) is 5.19. The molecule has 1 aromatic carbocycles. The summed E-state index contributed by atoms with van der Waals surface area (Å²) in [6.45, 7) is 7.21. The Balaban J connectivity index is 1.28. The van der Waals surface area contributed by atoms with Gasteiger partial charge in [0.1, 0.15) is 0 Å². The minimum absolute atomic E-state index is 0.0246. The number of anilines is 2. The number of amides is 2. The number of nitrogens with zero attached hydrogens (tertiary/aromatic N) is 5. The van der Waals surface area contributed by atoms with Gasteiger partial charge in [-0.2, -0.15) is 5.26 Å². The molecule has 182 valence electrons. The lowest BCUT2D eigenvalue weighted by Crippen LogP contribution is -2.42. The van der Waals surface area contributed by atoms with Gasteiger partial charge in [-0.3, -0.25) is 24.5 Å². The van der Waals surface area contributed by atoms with Crippen molar-refractivity contribution in [3.05, 3.63) is 82.9 Å². The van der Waals surface area contributed by atoms with Crippen LogP contribution in [-0.2, 0) is 5.54 Å². The molecule has 0 bridgehead atoms. The molecule has 5 rings (SSSR count). The number of likely N-dealkylation sites (tertiary alicyclic amines) is 1. The van der Waals surface area contributed by atoms with E-state index in [1.54, 1.807) is 47.9 Å². The number of carbonyl (C=O) groups is 2. The maximum absolute atomic E-state index is 13.3. The van der Waals surface area contributed by atoms with E-state index in [0.717, 1.165) is 29.7 Å². The van der Waals surface area contributed by atoms with Crippen molar-refractivity contribution in [2.45, 2.75) is 45.2 Å². The first-order chi connectivity index (χ1) is 17.3. The van der Waals surface area contributed by atoms with Crippen LogP contribution in [0.3, 0.4) is 0 Å². The van der Waals surface area contributed by atoms with Gasteiger partial charge >= 0.3 is 0 Å². The van der Waals surface area contributed by atoms with Crippen LogP contribution in [0.15, 0.2) is 55.1 Å². The Morgan fingerprint density at radius 3 is 2.61 bits per heavy atom. The lowest BCUT2D eigenvalue weighted by molar-refractivity contribution is 0.0717. The van der Waals surface area contributed by atoms with E-state index >= 15 is 0 Å². The number of fused-ring (bicyclic) bond motifs is 1. The van der Waals surface area contributed by atoms with Crippen LogP contribution in [0, 0.1) is 18.3 Å². The van der Waals surface area contributed by atoms with Gasteiger partial charge in [0.2, 0.25) is 0 Å². The van der Waals surface area contributed by atoms with E-state index in [1.165, 1.54) is 0 Å². The second-order valence-electron chi connectivity index (χ2n) is 9.90. The van der Waals surface area contributed by atoms with E-state index in [1.807, 2.05) is 37.8 Å². The Kier molecular flexibility index (Phi) is 5.92. The van der Waals surface area contributed by atoms with Crippen molar-refractivity contribution in [3.63, 3.8) is 0 Å². The number of hydrogen-bond acceptors (Lipinski definition) is 6. The summed E-state index contributed by atoms with van der Waals surface area (Å²) in [6.07, 6.45) is 8.41. The van der Waals surface area contributed by atoms with Gasteiger partial charge in [-0.05, 0) is 75.1 Å². The van der Waals surface area contributed by atoms with E-state index in [2.05, 4.69) is 21.4 Å². The highest BCUT2D eigenvalue weighted by molar-refractivity contribution is 6.12. The van der Waals surface area contributed by atoms with Gasteiger partial charge < -0.3 is 10.2 Å². The summed E-state index contributed by atoms with van der Waals surface area (Å²) in [7, 11) is 0. The summed E-state index contributed by atoms with van der Waals surface area (Å²) in [5, 5.41) is 12.8. The van der Waals surface area contributed by atoms with Gasteiger partial charge in [0.15, 0.2) is 0 Å². The minimum Gasteiger partial charge on any atom is -0.381 e. The molecule has 3 aromatic rings. The molecule has 36 heavy (non-hydrogen) atoms. The quantitative estimate of drug-likeness (QED) is 0.598. The van der Waals surface area contributed by atoms with Crippen LogP contribution in [0.2, 0.25) is 0 Å². The van der Waals surface area contributed by atoms with Crippen LogP contribution >= 0.6 is 0 Å². The van der Waals surface area contributed by atoms with Crippen molar-refractivity contribution < 1.29 is 9.59 Å². The summed E-state index contributed by atoms with van der Waals surface area (Å²) in [4.78, 5) is 38.3. The third-order valence-corrected chi connectivity index (χ3v) is 7.20. The monoisotopic (exact) mass is 480 g/mol. The van der Waals surface area contributed by atoms with E-state index in [-0.39, 0.29) is 17.9 Å². The molecule has 2 aliphatic heterocycles. The number of nitrogens with one attached hydrogen (secondary N) is 1. The molecule has 4 heterocycles. The summed E-state index contributed by atoms with van der Waals surface area (Å²) >= 11 is 0. The summed E-state index contributed by atoms with van der Waals surface area (Å²) < 4.78 is 0. The van der Waals surface area contributed by atoms with E-state index in [9.17, 15) is 14.9 Å². The largest absolute Gasteiger partial charge is 0.381 e. The summed E-state index contributed by atoms with van der Waals surface area (Å²) in [5.41, 5.74) is 4.49. The minimum atomic E-state index is -0.615. The Hall–Kier alpha value is -4.25. The highest BCUT2D eigenvalue weighted by atomic mass is 16.2. The van der Waals surface area contributed by atoms with Crippen LogP contribution in [-0.4, -0.2) is 45.8 Å². The Morgan fingerprint density at radius 1 is 1.11 bits per heavy atom. The number of benzene rings is 1. The Bertz CT molecular complexity index is 1380. The molecule has 8 nitrogen and oxygen atoms in total. The normalized spacial score (nSPS) is 17.0. The van der Waals surface area contributed by atoms with Gasteiger partial charge in [-0.25, -0.2) is 0 Å². The third kappa shape index (κ3) is 4.07. The standard InChI is InChI=1S/C28H28N6O2/c1-18-6-9-30-17-24(18)26(35)33-10-7-20(8-11-33)32-21-13-22(16-31-15-21)34-27(36)23-5-4-19(14-29)12-25(23)28(34,2)3/h4-6,9,12-13,15-17,20,32H,7-8,10-11H2,1-3H3. The Morgan fingerprint density at radius 2 is 1.89 bits per heavy atom. The molecule has 1 N–H and O–H groups in total. The third-order valence-electron chi connectivity index (χ3n) is 7.20. The molecular weight excluding hydrogens is 452 g/mol. The molecule has 0 aliphatic carbocycles. The second-order valence-corrected chi connectivity index (χ2v) is 9.90. The van der Waals surface area contributed by atoms with E-state index in [4.69, 9.17) is 0 Å². The molecule has 0 unspecified atom stereocenters. The molecule has 0 atom stereocenters. The highest BCUT2D eigenvalue weighted by Crippen LogP contribution is 2.42. The Labute approximate surface area is 210 Å². The molecule has 0 spiro atoms. The van der Waals surface area contributed by atoms with Crippen LogP contribution in [0.25, 0.3) is 0 Å². The zero-order valence-corrected chi connectivity index (χ0v) is 20.7. The predicted molar refractivity (Wildman–Crippen MR) is 137 cm³/mol. The zero-order valence-electron chi connectivity index (χ0n) is 20.7. The fraction of sp³-hybridized carbons (Fsp3) is 0.321. The van der Waals surface area contributed by atoms with Gasteiger partial charge in [0.25, 0.3) is 11.8 Å². The van der Waals surface area contributed by atoms with Gasteiger partial charge in [0, 0.05) is 37.1 Å². The van der Waals surface area contributed by atoms with Gasteiger partial charge in [-0.15, -0.1) is 0 Å². The maximum Gasteiger partial charge on any atom is 0.259 e. The number of aryl methyl sites for hydroxylation is 1. The first kappa shape index (κ1) is 23.5. The van der Waals surface area contributed by atoms with E-state index < -0.39 is 5.54 Å². The highest BCUT2D eigenvalue weighted by Gasteiger charge is 2.44. The molecule has 1 fully saturated rings. The topological polar surface area (TPSA) is 102 Å². The van der Waals surface area contributed by atoms with Crippen molar-refractivity contribution >= 4 is 23.2 Å². The predicted octanol–water partition coefficient (Wildman–Crippen LogP) is 4.27. The zero-order chi connectivity index (χ0) is 25.4. The smallest absolute Gasteiger partial charge is 0.259 e. The van der Waals surface area contributed by atoms with E-state index in [0.29, 0.717) is 35.5 Å². The molecule has 2 aliphatic rings. The van der Waals surface area contributed by atoms with Gasteiger partial charge in [-0.1, -0.05) is 0 Å². The second kappa shape index (κ2) is 9.08. The molecule has 2 aromatic heterocycles. The average Bonchev–Trinajstić information content (AvgIpc) is 3.08. The van der Waals surface area contributed by atoms with Crippen LogP contribution in [0.5, 0.6) is 0 Å². The van der Waals surface area contributed by atoms with Crippen LogP contribution in [0.4, 0.5) is 11.4 Å². The number of hydrogen-bond donors (Lipinski definition) is 1. The fourth-order valence-electron chi connectivity index (χ4n) is 5.19. The first-order valence-corrected chi connectivity index (χ1v) is 12.1. The average molecular weight is 481 g/mol. The van der Waals surface area contributed by atoms with Crippen molar-refractivity contribution in [3.8, 4) is 6.07 Å². The molecule has 0 radical (unpaired) electrons. The lowest BCUT2D eigenvalue weighted by Gasteiger charge is -2.34. The lowest BCUT2D eigenvalue weighted by atomic mass is 9.92. The van der Waals surface area contributed by atoms with Gasteiger partial charge in [0.05, 0.1) is 46.5 Å². The molecule has 2 amide bonds. The van der Waals surface area contributed by atoms with Crippen molar-refractivity contribution in [2.24, 2.45) is 0 Å². The molecule has 8 heteroatoms. The summed E-state index contributed by atoms with van der Waals surface area (Å²) in [5.74, 6) is -0.0763. The number of pyridine rings is 2. The SMILES string of the molecule is Cc1ccncc1C(=O)N1CCC(Nc2cncc(N3C(=O)c4ccc(C#N)cc4C3(C)C)c2)CC1. The van der Waals surface area contributed by atoms with Crippen LogP contribution in [0.1, 0.15) is 64.1 Å². The number of aromatic nitrogens is 2. The first-order valence-electron chi connectivity index (χ1n) is 12.1. The van der Waals surface area contributed by atoms with Crippen molar-refractivity contribution in [2.75, 3.05) is 23.3 Å². The van der Waals surface area contributed by atoms with Crippen molar-refractivity contribution in [1.82, 2.24) is 14.9 Å². The van der Waals surface area contributed by atoms with Crippen molar-refractivity contribution in [1.29, 1.82) is 5.26 Å². The molecular formula is C28H28N6O2. The van der Waals surface area contributed by atoms with Crippen LogP contribution < -0.4 is 10.2 Å². The molecule has 0 saturated carbocycles.